The van der Waals surface area contributed by atoms with Crippen molar-refractivity contribution in [2.45, 2.75) is 27.7 Å². The number of nitrogens with one attached hydrogen (secondary N) is 1. The summed E-state index contributed by atoms with van der Waals surface area (Å²) in [5.74, 6) is 1.12. The van der Waals surface area contributed by atoms with Crippen molar-refractivity contribution in [3.05, 3.63) is 52.2 Å². The molecule has 0 aliphatic heterocycles. The van der Waals surface area contributed by atoms with Crippen molar-refractivity contribution in [3.63, 3.8) is 0 Å². The lowest BCUT2D eigenvalue weighted by Crippen LogP contribution is -2.13. The van der Waals surface area contributed by atoms with Crippen molar-refractivity contribution in [1.82, 2.24) is 4.98 Å². The molecule has 1 heterocycles. The van der Waals surface area contributed by atoms with Gasteiger partial charge in [-0.15, -0.1) is 0 Å². The van der Waals surface area contributed by atoms with Crippen molar-refractivity contribution in [1.29, 1.82) is 5.41 Å². The highest BCUT2D eigenvalue weighted by Gasteiger charge is 2.13. The Morgan fingerprint density at radius 3 is 2.35 bits per heavy atom. The maximum atomic E-state index is 7.62. The molecule has 2 aromatic rings. The Kier molecular flexibility index (Phi) is 3.74. The van der Waals surface area contributed by atoms with Crippen LogP contribution in [0.3, 0.4) is 0 Å². The first-order chi connectivity index (χ1) is 9.40. The molecule has 0 unspecified atom stereocenters. The molecule has 4 nitrogen and oxygen atoms in total. The van der Waals surface area contributed by atoms with Crippen molar-refractivity contribution >= 4 is 5.84 Å². The normalized spacial score (nSPS) is 10.4. The number of nitrogens with two attached hydrogens (primary N) is 1. The molecule has 20 heavy (non-hydrogen) atoms. The van der Waals surface area contributed by atoms with Crippen molar-refractivity contribution < 1.29 is 4.74 Å². The van der Waals surface area contributed by atoms with Gasteiger partial charge in [0.1, 0.15) is 11.6 Å². The van der Waals surface area contributed by atoms with Gasteiger partial charge in [0.25, 0.3) is 0 Å². The first-order valence-electron chi connectivity index (χ1n) is 6.47. The van der Waals surface area contributed by atoms with E-state index in [9.17, 15) is 0 Å². The highest BCUT2D eigenvalue weighted by Crippen LogP contribution is 2.31. The van der Waals surface area contributed by atoms with Gasteiger partial charge >= 0.3 is 0 Å². The smallest absolute Gasteiger partial charge is 0.230 e. The molecule has 0 aliphatic carbocycles. The summed E-state index contributed by atoms with van der Waals surface area (Å²) in [6.45, 7) is 7.93. The van der Waals surface area contributed by atoms with Gasteiger partial charge in [-0.25, -0.2) is 4.98 Å². The van der Waals surface area contributed by atoms with Crippen LogP contribution < -0.4 is 10.5 Å². The zero-order chi connectivity index (χ0) is 14.9. The Hall–Kier alpha value is -2.36. The molecular formula is C16H19N3O. The fraction of sp³-hybridized carbons (Fsp3) is 0.250. The summed E-state index contributed by atoms with van der Waals surface area (Å²) in [5, 5.41) is 7.62. The number of amidine groups is 1. The third kappa shape index (κ3) is 2.64. The first kappa shape index (κ1) is 14.1. The molecule has 0 amide bonds. The van der Waals surface area contributed by atoms with Crippen LogP contribution in [0.2, 0.25) is 0 Å². The van der Waals surface area contributed by atoms with E-state index in [2.05, 4.69) is 11.1 Å². The number of aromatic nitrogens is 1. The standard InChI is InChI=1S/C16H19N3O/c1-9-5-6-10(2)14(12(9)4)20-16-13(15(17)18)8-7-11(3)19-16/h5-8H,1-4H3,(H3,17,18). The minimum atomic E-state index is -0.0459. The van der Waals surface area contributed by atoms with Gasteiger partial charge in [-0.05, 0) is 56.5 Å². The molecule has 2 rings (SSSR count). The van der Waals surface area contributed by atoms with Gasteiger partial charge in [0.05, 0.1) is 5.56 Å². The molecule has 104 valence electrons. The van der Waals surface area contributed by atoms with Gasteiger partial charge in [-0.2, -0.15) is 0 Å². The van der Waals surface area contributed by atoms with Crippen LogP contribution in [0.5, 0.6) is 11.6 Å². The number of aryl methyl sites for hydroxylation is 3. The number of nitrogens with zero attached hydrogens (tertiary/aromatic N) is 1. The van der Waals surface area contributed by atoms with Gasteiger partial charge in [0.2, 0.25) is 5.88 Å². The van der Waals surface area contributed by atoms with Crippen molar-refractivity contribution in [3.8, 4) is 11.6 Å². The Morgan fingerprint density at radius 1 is 1.05 bits per heavy atom. The van der Waals surface area contributed by atoms with Gasteiger partial charge in [-0.1, -0.05) is 12.1 Å². The summed E-state index contributed by atoms with van der Waals surface area (Å²) in [7, 11) is 0. The number of hydrogen-bond donors (Lipinski definition) is 2. The maximum Gasteiger partial charge on any atom is 0.230 e. The highest BCUT2D eigenvalue weighted by atomic mass is 16.5. The van der Waals surface area contributed by atoms with E-state index >= 15 is 0 Å². The number of benzene rings is 1. The van der Waals surface area contributed by atoms with E-state index in [4.69, 9.17) is 15.9 Å². The number of rotatable bonds is 3. The fourth-order valence-corrected chi connectivity index (χ4v) is 1.99. The first-order valence-corrected chi connectivity index (χ1v) is 6.47. The van der Waals surface area contributed by atoms with E-state index in [1.807, 2.05) is 39.8 Å². The van der Waals surface area contributed by atoms with E-state index in [1.54, 1.807) is 6.07 Å². The number of nitrogen functional groups attached to an aromatic ring is 1. The van der Waals surface area contributed by atoms with Crippen molar-refractivity contribution in [2.75, 3.05) is 0 Å². The van der Waals surface area contributed by atoms with Crippen LogP contribution in [0.1, 0.15) is 27.9 Å². The van der Waals surface area contributed by atoms with E-state index in [1.165, 1.54) is 0 Å². The van der Waals surface area contributed by atoms with Gasteiger partial charge in [0, 0.05) is 5.69 Å². The summed E-state index contributed by atoms with van der Waals surface area (Å²) in [5.41, 5.74) is 10.2. The third-order valence-electron chi connectivity index (χ3n) is 3.36. The summed E-state index contributed by atoms with van der Waals surface area (Å²) in [6.07, 6.45) is 0. The molecule has 0 fully saturated rings. The van der Waals surface area contributed by atoms with E-state index in [-0.39, 0.29) is 5.84 Å². The molecule has 0 saturated heterocycles. The van der Waals surface area contributed by atoms with Crippen LogP contribution in [-0.2, 0) is 0 Å². The minimum Gasteiger partial charge on any atom is -0.438 e. The molecule has 0 saturated carbocycles. The zero-order valence-electron chi connectivity index (χ0n) is 12.2. The SMILES string of the molecule is Cc1ccc(C(=N)N)c(Oc2c(C)ccc(C)c2C)n1. The summed E-state index contributed by atoms with van der Waals surface area (Å²) >= 11 is 0. The third-order valence-corrected chi connectivity index (χ3v) is 3.36. The van der Waals surface area contributed by atoms with E-state index < -0.39 is 0 Å². The van der Waals surface area contributed by atoms with Crippen LogP contribution in [0.4, 0.5) is 0 Å². The molecule has 0 bridgehead atoms. The average molecular weight is 269 g/mol. The molecule has 0 radical (unpaired) electrons. The van der Waals surface area contributed by atoms with Gasteiger partial charge < -0.3 is 10.5 Å². The predicted octanol–water partition coefficient (Wildman–Crippen LogP) is 3.39. The monoisotopic (exact) mass is 269 g/mol. The summed E-state index contributed by atoms with van der Waals surface area (Å²) in [4.78, 5) is 4.36. The van der Waals surface area contributed by atoms with Crippen molar-refractivity contribution in [2.24, 2.45) is 5.73 Å². The average Bonchev–Trinajstić information content (AvgIpc) is 2.39. The van der Waals surface area contributed by atoms with Crippen LogP contribution >= 0.6 is 0 Å². The largest absolute Gasteiger partial charge is 0.438 e. The van der Waals surface area contributed by atoms with Crippen LogP contribution in [0.25, 0.3) is 0 Å². The molecule has 0 spiro atoms. The Balaban J connectivity index is 2.53. The zero-order valence-corrected chi connectivity index (χ0v) is 12.2. The summed E-state index contributed by atoms with van der Waals surface area (Å²) < 4.78 is 5.96. The molecule has 0 aliphatic rings. The summed E-state index contributed by atoms with van der Waals surface area (Å²) in [6, 6.07) is 7.66. The molecule has 4 heteroatoms. The minimum absolute atomic E-state index is 0.0459. The Bertz CT molecular complexity index is 678. The van der Waals surface area contributed by atoms with E-state index in [0.717, 1.165) is 28.1 Å². The second-order valence-electron chi connectivity index (χ2n) is 4.97. The molecule has 3 N–H and O–H groups in total. The quantitative estimate of drug-likeness (QED) is 0.662. The lowest BCUT2D eigenvalue weighted by atomic mass is 10.1. The van der Waals surface area contributed by atoms with E-state index in [0.29, 0.717) is 11.4 Å². The Labute approximate surface area is 119 Å². The second kappa shape index (κ2) is 5.33. The predicted molar refractivity (Wildman–Crippen MR) is 80.7 cm³/mol. The lowest BCUT2D eigenvalue weighted by Gasteiger charge is -2.15. The topological polar surface area (TPSA) is 72.0 Å². The Morgan fingerprint density at radius 2 is 1.70 bits per heavy atom. The molecular weight excluding hydrogens is 250 g/mol. The molecule has 1 aromatic carbocycles. The lowest BCUT2D eigenvalue weighted by molar-refractivity contribution is 0.453. The maximum absolute atomic E-state index is 7.62. The fourth-order valence-electron chi connectivity index (χ4n) is 1.99. The number of ether oxygens (including phenoxy) is 1. The highest BCUT2D eigenvalue weighted by molar-refractivity contribution is 5.97. The van der Waals surface area contributed by atoms with Gasteiger partial charge in [-0.3, -0.25) is 5.41 Å². The number of pyridine rings is 1. The van der Waals surface area contributed by atoms with Crippen LogP contribution in [0.15, 0.2) is 24.3 Å². The molecule has 0 atom stereocenters. The van der Waals surface area contributed by atoms with Crippen LogP contribution in [-0.4, -0.2) is 10.8 Å². The number of hydrogen-bond acceptors (Lipinski definition) is 3. The molecule has 1 aromatic heterocycles. The second-order valence-corrected chi connectivity index (χ2v) is 4.97. The van der Waals surface area contributed by atoms with Gasteiger partial charge in [0.15, 0.2) is 0 Å². The van der Waals surface area contributed by atoms with Crippen LogP contribution in [0, 0.1) is 33.1 Å².